The monoisotopic (exact) mass is 271 g/mol. The Morgan fingerprint density at radius 3 is 2.59 bits per heavy atom. The van der Waals surface area contributed by atoms with Crippen molar-refractivity contribution in [2.24, 2.45) is 0 Å². The van der Waals surface area contributed by atoms with Gasteiger partial charge in [0.2, 0.25) is 0 Å². The van der Waals surface area contributed by atoms with Crippen LogP contribution in [0.1, 0.15) is 18.7 Å². The highest BCUT2D eigenvalue weighted by atomic mass is 32.1. The summed E-state index contributed by atoms with van der Waals surface area (Å²) in [5.41, 5.74) is 0. The first kappa shape index (κ1) is 14.1. The Morgan fingerprint density at radius 2 is 2.18 bits per heavy atom. The van der Waals surface area contributed by atoms with Crippen LogP contribution in [0.5, 0.6) is 0 Å². The highest BCUT2D eigenvalue weighted by Crippen LogP contribution is 2.56. The van der Waals surface area contributed by atoms with Crippen LogP contribution in [-0.4, -0.2) is 13.2 Å². The van der Waals surface area contributed by atoms with Gasteiger partial charge in [-0.25, -0.2) is 0 Å². The van der Waals surface area contributed by atoms with Crippen LogP contribution in [0.2, 0.25) is 0 Å². The van der Waals surface area contributed by atoms with Crippen LogP contribution in [0.4, 0.5) is 0 Å². The van der Waals surface area contributed by atoms with E-state index in [1.54, 1.807) is 19.9 Å². The van der Waals surface area contributed by atoms with Gasteiger partial charge in [0.1, 0.15) is 11.4 Å². The molecule has 0 spiro atoms. The van der Waals surface area contributed by atoms with Crippen molar-refractivity contribution in [3.8, 4) is 6.07 Å². The number of hydrogen-bond donors (Lipinski definition) is 0. The number of nitriles is 1. The van der Waals surface area contributed by atoms with Gasteiger partial charge in [0, 0.05) is 4.88 Å². The number of rotatable bonds is 6. The van der Waals surface area contributed by atoms with Crippen molar-refractivity contribution in [1.82, 2.24) is 0 Å². The molecule has 6 heteroatoms. The Hall–Kier alpha value is -0.920. The Kier molecular flexibility index (Phi) is 5.60. The van der Waals surface area contributed by atoms with Crippen molar-refractivity contribution in [3.63, 3.8) is 0 Å². The molecule has 0 aliphatic rings. The van der Waals surface area contributed by atoms with Crippen LogP contribution in [0.3, 0.4) is 0 Å². The van der Waals surface area contributed by atoms with E-state index in [0.717, 1.165) is 4.88 Å². The summed E-state index contributed by atoms with van der Waals surface area (Å²) in [7, 11) is -3.46. The zero-order valence-corrected chi connectivity index (χ0v) is 11.5. The largest absolute Gasteiger partial charge is 0.371 e. The molecule has 0 amide bonds. The van der Waals surface area contributed by atoms with Crippen LogP contribution in [-0.2, 0) is 13.6 Å². The van der Waals surface area contributed by atoms with Gasteiger partial charge < -0.3 is 9.05 Å². The van der Waals surface area contributed by atoms with Gasteiger partial charge in [-0.15, -0.1) is 11.3 Å². The molecule has 0 bridgehead atoms. The van der Waals surface area contributed by atoms with E-state index in [2.05, 4.69) is 0 Å². The van der Waals surface area contributed by atoms with E-state index in [1.165, 1.54) is 11.3 Å². The molecule has 0 saturated carbocycles. The topological polar surface area (TPSA) is 59.3 Å². The number of nitrogens with zero attached hydrogens (tertiary/aromatic N) is 1. The second kappa shape index (κ2) is 6.73. The van der Waals surface area contributed by atoms with Crippen LogP contribution >= 0.6 is 18.9 Å². The summed E-state index contributed by atoms with van der Waals surface area (Å²) in [5, 5.41) is 11.0. The molecular formula is C11H14NO3PS. The van der Waals surface area contributed by atoms with Crippen molar-refractivity contribution in [3.05, 3.63) is 27.7 Å². The van der Waals surface area contributed by atoms with Gasteiger partial charge in [0.25, 0.3) is 0 Å². The molecule has 17 heavy (non-hydrogen) atoms. The average molecular weight is 271 g/mol. The predicted molar refractivity (Wildman–Crippen MR) is 68.8 cm³/mol. The fourth-order valence-electron chi connectivity index (χ4n) is 1.20. The Morgan fingerprint density at radius 1 is 1.53 bits per heavy atom. The Bertz CT molecular complexity index is 452. The molecule has 0 saturated heterocycles. The minimum atomic E-state index is -3.46. The van der Waals surface area contributed by atoms with Crippen molar-refractivity contribution in [2.45, 2.75) is 13.8 Å². The highest BCUT2D eigenvalue weighted by Gasteiger charge is 2.29. The van der Waals surface area contributed by atoms with Crippen molar-refractivity contribution in [2.75, 3.05) is 13.2 Å². The SMILES string of the molecule is CCOP(=O)(OCC)C(C#N)=Cc1cccs1. The molecule has 92 valence electrons. The third-order valence-electron chi connectivity index (χ3n) is 1.83. The van der Waals surface area contributed by atoms with Gasteiger partial charge >= 0.3 is 7.60 Å². The van der Waals surface area contributed by atoms with E-state index in [0.29, 0.717) is 0 Å². The van der Waals surface area contributed by atoms with Crippen molar-refractivity contribution >= 4 is 25.0 Å². The van der Waals surface area contributed by atoms with E-state index < -0.39 is 7.60 Å². The summed E-state index contributed by atoms with van der Waals surface area (Å²) in [6, 6.07) is 5.60. The molecular weight excluding hydrogens is 257 g/mol. The Balaban J connectivity index is 3.06. The van der Waals surface area contributed by atoms with E-state index in [9.17, 15) is 4.57 Å². The quantitative estimate of drug-likeness (QED) is 0.582. The third-order valence-corrected chi connectivity index (χ3v) is 4.66. The molecule has 0 fully saturated rings. The van der Waals surface area contributed by atoms with Crippen LogP contribution in [0.15, 0.2) is 22.8 Å². The number of hydrogen-bond acceptors (Lipinski definition) is 5. The van der Waals surface area contributed by atoms with Gasteiger partial charge in [-0.2, -0.15) is 5.26 Å². The molecule has 0 unspecified atom stereocenters. The zero-order valence-electron chi connectivity index (χ0n) is 9.75. The standard InChI is InChI=1S/C11H14NO3PS/c1-3-14-16(13,15-4-2)10(9-12)8-11-6-5-7-17-11/h5-8H,3-4H2,1-2H3. The molecule has 0 radical (unpaired) electrons. The molecule has 1 aromatic rings. The molecule has 1 rings (SSSR count). The smallest absolute Gasteiger partial charge is 0.305 e. The fourth-order valence-corrected chi connectivity index (χ4v) is 3.39. The lowest BCUT2D eigenvalue weighted by molar-refractivity contribution is 0.227. The van der Waals surface area contributed by atoms with Crippen molar-refractivity contribution < 1.29 is 13.6 Å². The van der Waals surface area contributed by atoms with Gasteiger partial charge in [-0.3, -0.25) is 4.57 Å². The van der Waals surface area contributed by atoms with Crippen molar-refractivity contribution in [1.29, 1.82) is 5.26 Å². The summed E-state index contributed by atoms with van der Waals surface area (Å²) >= 11 is 1.46. The predicted octanol–water partition coefficient (Wildman–Crippen LogP) is 3.88. The summed E-state index contributed by atoms with van der Waals surface area (Å²) in [5.74, 6) is 0. The van der Waals surface area contributed by atoms with E-state index >= 15 is 0 Å². The maximum atomic E-state index is 12.3. The van der Waals surface area contributed by atoms with Crippen LogP contribution < -0.4 is 0 Å². The third kappa shape index (κ3) is 3.79. The average Bonchev–Trinajstić information content (AvgIpc) is 2.79. The van der Waals surface area contributed by atoms with Gasteiger partial charge in [0.05, 0.1) is 13.2 Å². The first-order valence-corrected chi connectivity index (χ1v) is 7.63. The second-order valence-electron chi connectivity index (χ2n) is 2.99. The van der Waals surface area contributed by atoms with E-state index in [1.807, 2.05) is 23.6 Å². The van der Waals surface area contributed by atoms with E-state index in [4.69, 9.17) is 14.3 Å². The first-order chi connectivity index (χ1) is 8.16. The summed E-state index contributed by atoms with van der Waals surface area (Å²) < 4.78 is 22.6. The molecule has 4 nitrogen and oxygen atoms in total. The summed E-state index contributed by atoms with van der Waals surface area (Å²) in [4.78, 5) is 0.848. The van der Waals surface area contributed by atoms with E-state index in [-0.39, 0.29) is 18.5 Å². The molecule has 1 heterocycles. The first-order valence-electron chi connectivity index (χ1n) is 5.21. The maximum absolute atomic E-state index is 12.3. The molecule has 0 aliphatic carbocycles. The summed E-state index contributed by atoms with van der Waals surface area (Å²) in [6.45, 7) is 3.90. The van der Waals surface area contributed by atoms with Gasteiger partial charge in [-0.1, -0.05) is 6.07 Å². The van der Waals surface area contributed by atoms with Gasteiger partial charge in [0.15, 0.2) is 0 Å². The molecule has 0 N–H and O–H groups in total. The lowest BCUT2D eigenvalue weighted by Gasteiger charge is -2.15. The van der Waals surface area contributed by atoms with Crippen LogP contribution in [0, 0.1) is 11.3 Å². The second-order valence-corrected chi connectivity index (χ2v) is 5.96. The Labute approximate surface area is 105 Å². The molecule has 1 aromatic heterocycles. The molecule has 0 aliphatic heterocycles. The normalized spacial score (nSPS) is 12.4. The number of allylic oxidation sites excluding steroid dienone is 1. The fraction of sp³-hybridized carbons (Fsp3) is 0.364. The highest BCUT2D eigenvalue weighted by molar-refractivity contribution is 7.59. The minimum absolute atomic E-state index is 0.0450. The van der Waals surface area contributed by atoms with Gasteiger partial charge in [-0.05, 0) is 31.4 Å². The lowest BCUT2D eigenvalue weighted by Crippen LogP contribution is -1.97. The molecule has 0 aromatic carbocycles. The van der Waals surface area contributed by atoms with Crippen LogP contribution in [0.25, 0.3) is 6.08 Å². The zero-order chi connectivity index (χ0) is 12.7. The molecule has 0 atom stereocenters. The summed E-state index contributed by atoms with van der Waals surface area (Å²) in [6.07, 6.45) is 1.55. The number of thiophene rings is 1. The maximum Gasteiger partial charge on any atom is 0.371 e. The minimum Gasteiger partial charge on any atom is -0.305 e. The lowest BCUT2D eigenvalue weighted by atomic mass is 10.4.